The molecule has 0 aliphatic rings. The topological polar surface area (TPSA) is 103 Å². The Balaban J connectivity index is 2.25. The first kappa shape index (κ1) is 13.0. The fourth-order valence-corrected chi connectivity index (χ4v) is 2.00. The number of rotatable bonds is 4. The third-order valence-electron chi connectivity index (χ3n) is 2.25. The number of nitrogens with zero attached hydrogens (tertiary/aromatic N) is 2. The highest BCUT2D eigenvalue weighted by atomic mass is 32.1. The van der Waals surface area contributed by atoms with Crippen molar-refractivity contribution in [3.8, 4) is 11.6 Å². The van der Waals surface area contributed by atoms with Gasteiger partial charge in [-0.1, -0.05) is 0 Å². The summed E-state index contributed by atoms with van der Waals surface area (Å²) in [6, 6.07) is 2.54. The first-order chi connectivity index (χ1) is 8.97. The number of pyridine rings is 1. The summed E-state index contributed by atoms with van der Waals surface area (Å²) in [4.78, 5) is 25.0. The zero-order valence-electron chi connectivity index (χ0n) is 9.69. The lowest BCUT2D eigenvalue weighted by molar-refractivity contribution is -0.385. The molecule has 2 aromatic heterocycles. The number of carboxylic acids is 1. The second-order valence-electron chi connectivity index (χ2n) is 3.62. The van der Waals surface area contributed by atoms with E-state index in [0.717, 1.165) is 11.3 Å². The van der Waals surface area contributed by atoms with E-state index in [-0.39, 0.29) is 22.2 Å². The van der Waals surface area contributed by atoms with Crippen LogP contribution < -0.4 is 4.74 Å². The Morgan fingerprint density at radius 2 is 2.26 bits per heavy atom. The fourth-order valence-electron chi connectivity index (χ4n) is 1.35. The van der Waals surface area contributed by atoms with Gasteiger partial charge in [0.05, 0.1) is 11.0 Å². The van der Waals surface area contributed by atoms with Crippen molar-refractivity contribution < 1.29 is 19.6 Å². The Labute approximate surface area is 111 Å². The molecule has 0 fully saturated rings. The van der Waals surface area contributed by atoms with E-state index < -0.39 is 10.9 Å². The van der Waals surface area contributed by atoms with Gasteiger partial charge in [-0.2, -0.15) is 0 Å². The zero-order chi connectivity index (χ0) is 14.0. The second kappa shape index (κ2) is 5.02. The van der Waals surface area contributed by atoms with Crippen LogP contribution in [0.5, 0.6) is 11.6 Å². The van der Waals surface area contributed by atoms with Crippen molar-refractivity contribution in [1.29, 1.82) is 0 Å². The lowest BCUT2D eigenvalue weighted by atomic mass is 10.3. The molecule has 1 N–H and O–H groups in total. The fraction of sp³-hybridized carbons (Fsp3) is 0.0909. The third kappa shape index (κ3) is 2.86. The minimum Gasteiger partial charge on any atom is -0.477 e. The summed E-state index contributed by atoms with van der Waals surface area (Å²) in [6.45, 7) is 1.57. The lowest BCUT2D eigenvalue weighted by Gasteiger charge is -2.02. The number of hydrogen-bond donors (Lipinski definition) is 1. The number of aromatic carboxylic acids is 1. The summed E-state index contributed by atoms with van der Waals surface area (Å²) < 4.78 is 5.29. The number of carbonyl (C=O) groups is 1. The van der Waals surface area contributed by atoms with E-state index >= 15 is 0 Å². The summed E-state index contributed by atoms with van der Waals surface area (Å²) in [5, 5.41) is 21.0. The molecule has 0 radical (unpaired) electrons. The standard InChI is InChI=1S/C11H8N2O5S/c1-6-4-12-10(3-8(6)13(16)17)18-7-2-9(11(14)15)19-5-7/h2-5H,1H3,(H,14,15). The molecule has 0 bridgehead atoms. The van der Waals surface area contributed by atoms with Gasteiger partial charge in [-0.15, -0.1) is 11.3 Å². The molecular formula is C11H8N2O5S. The number of nitro groups is 1. The van der Waals surface area contributed by atoms with Crippen LogP contribution in [0.25, 0.3) is 0 Å². The highest BCUT2D eigenvalue weighted by molar-refractivity contribution is 7.12. The van der Waals surface area contributed by atoms with Gasteiger partial charge in [-0.25, -0.2) is 9.78 Å². The van der Waals surface area contributed by atoms with Crippen LogP contribution in [-0.2, 0) is 0 Å². The number of thiophene rings is 1. The molecule has 0 aliphatic heterocycles. The van der Waals surface area contributed by atoms with Crippen molar-refractivity contribution >= 4 is 23.0 Å². The first-order valence-corrected chi connectivity index (χ1v) is 5.96. The van der Waals surface area contributed by atoms with Crippen molar-refractivity contribution in [3.05, 3.63) is 44.3 Å². The largest absolute Gasteiger partial charge is 0.477 e. The zero-order valence-corrected chi connectivity index (χ0v) is 10.5. The van der Waals surface area contributed by atoms with Gasteiger partial charge in [0, 0.05) is 23.2 Å². The van der Waals surface area contributed by atoms with E-state index in [1.54, 1.807) is 6.92 Å². The van der Waals surface area contributed by atoms with Crippen molar-refractivity contribution in [2.75, 3.05) is 0 Å². The van der Waals surface area contributed by atoms with Crippen LogP contribution in [0.3, 0.4) is 0 Å². The lowest BCUT2D eigenvalue weighted by Crippen LogP contribution is -1.95. The smallest absolute Gasteiger partial charge is 0.346 e. The number of aromatic nitrogens is 1. The minimum absolute atomic E-state index is 0.0482. The molecule has 19 heavy (non-hydrogen) atoms. The number of ether oxygens (including phenoxy) is 1. The van der Waals surface area contributed by atoms with E-state index in [4.69, 9.17) is 9.84 Å². The highest BCUT2D eigenvalue weighted by Gasteiger charge is 2.14. The molecule has 0 amide bonds. The van der Waals surface area contributed by atoms with Gasteiger partial charge in [-0.05, 0) is 6.92 Å². The Morgan fingerprint density at radius 1 is 1.53 bits per heavy atom. The van der Waals surface area contributed by atoms with E-state index in [2.05, 4.69) is 4.98 Å². The van der Waals surface area contributed by atoms with Crippen LogP contribution in [0.2, 0.25) is 0 Å². The normalized spacial score (nSPS) is 10.2. The third-order valence-corrected chi connectivity index (χ3v) is 3.15. The Bertz CT molecular complexity index is 652. The first-order valence-electron chi connectivity index (χ1n) is 5.08. The molecule has 8 heteroatoms. The van der Waals surface area contributed by atoms with E-state index in [1.807, 2.05) is 0 Å². The van der Waals surface area contributed by atoms with Crippen LogP contribution in [0.1, 0.15) is 15.2 Å². The van der Waals surface area contributed by atoms with Crippen molar-refractivity contribution in [2.45, 2.75) is 6.92 Å². The quantitative estimate of drug-likeness (QED) is 0.682. The molecule has 7 nitrogen and oxygen atoms in total. The molecule has 0 unspecified atom stereocenters. The number of hydrogen-bond acceptors (Lipinski definition) is 6. The van der Waals surface area contributed by atoms with Crippen LogP contribution in [-0.4, -0.2) is 21.0 Å². The van der Waals surface area contributed by atoms with Gasteiger partial charge in [0.25, 0.3) is 5.69 Å². The molecular weight excluding hydrogens is 272 g/mol. The van der Waals surface area contributed by atoms with Gasteiger partial charge in [0.2, 0.25) is 5.88 Å². The number of aryl methyl sites for hydroxylation is 1. The predicted octanol–water partition coefficient (Wildman–Crippen LogP) is 2.85. The summed E-state index contributed by atoms with van der Waals surface area (Å²) in [5.74, 6) is -0.720. The summed E-state index contributed by atoms with van der Waals surface area (Å²) >= 11 is 1.00. The second-order valence-corrected chi connectivity index (χ2v) is 4.53. The van der Waals surface area contributed by atoms with Gasteiger partial charge in [-0.3, -0.25) is 10.1 Å². The number of carboxylic acid groups (broad SMARTS) is 1. The highest BCUT2D eigenvalue weighted by Crippen LogP contribution is 2.28. The van der Waals surface area contributed by atoms with E-state index in [1.165, 1.54) is 23.7 Å². The molecule has 0 aromatic carbocycles. The summed E-state index contributed by atoms with van der Waals surface area (Å²) in [5.41, 5.74) is 0.326. The maximum Gasteiger partial charge on any atom is 0.346 e. The van der Waals surface area contributed by atoms with Crippen molar-refractivity contribution in [3.63, 3.8) is 0 Å². The van der Waals surface area contributed by atoms with Gasteiger partial charge in [0.1, 0.15) is 10.6 Å². The summed E-state index contributed by atoms with van der Waals surface area (Å²) in [6.07, 6.45) is 1.33. The SMILES string of the molecule is Cc1cnc(Oc2csc(C(=O)O)c2)cc1[N+](=O)[O-]. The van der Waals surface area contributed by atoms with Crippen LogP contribution >= 0.6 is 11.3 Å². The van der Waals surface area contributed by atoms with Gasteiger partial charge >= 0.3 is 5.97 Å². The van der Waals surface area contributed by atoms with E-state index in [9.17, 15) is 14.9 Å². The van der Waals surface area contributed by atoms with Crippen LogP contribution in [0, 0.1) is 17.0 Å². The molecule has 2 rings (SSSR count). The molecule has 0 spiro atoms. The molecule has 2 aromatic rings. The Kier molecular flexibility index (Phi) is 3.43. The molecule has 0 saturated heterocycles. The van der Waals surface area contributed by atoms with Gasteiger partial charge < -0.3 is 9.84 Å². The van der Waals surface area contributed by atoms with Crippen molar-refractivity contribution in [1.82, 2.24) is 4.98 Å². The van der Waals surface area contributed by atoms with Crippen LogP contribution in [0.15, 0.2) is 23.7 Å². The minimum atomic E-state index is -1.05. The molecule has 0 saturated carbocycles. The average Bonchev–Trinajstić information content (AvgIpc) is 2.80. The van der Waals surface area contributed by atoms with Gasteiger partial charge in [0.15, 0.2) is 0 Å². The predicted molar refractivity (Wildman–Crippen MR) is 67.0 cm³/mol. The molecule has 0 atom stereocenters. The average molecular weight is 280 g/mol. The maximum atomic E-state index is 10.8. The molecule has 98 valence electrons. The Morgan fingerprint density at radius 3 is 2.84 bits per heavy atom. The Hall–Kier alpha value is -2.48. The molecule has 0 aliphatic carbocycles. The van der Waals surface area contributed by atoms with E-state index in [0.29, 0.717) is 5.56 Å². The van der Waals surface area contributed by atoms with Crippen molar-refractivity contribution in [2.24, 2.45) is 0 Å². The molecule has 2 heterocycles. The van der Waals surface area contributed by atoms with Crippen LogP contribution in [0.4, 0.5) is 5.69 Å². The monoisotopic (exact) mass is 280 g/mol. The summed E-state index contributed by atoms with van der Waals surface area (Å²) in [7, 11) is 0. The maximum absolute atomic E-state index is 10.8.